The van der Waals surface area contributed by atoms with Crippen LogP contribution in [0.4, 0.5) is 5.95 Å². The first kappa shape index (κ1) is 19.4. The summed E-state index contributed by atoms with van der Waals surface area (Å²) >= 11 is 0. The lowest BCUT2D eigenvalue weighted by molar-refractivity contribution is -0.125. The van der Waals surface area contributed by atoms with Gasteiger partial charge in [0.05, 0.1) is 11.0 Å². The van der Waals surface area contributed by atoms with Crippen molar-refractivity contribution in [2.45, 2.75) is 45.7 Å². The molecule has 1 N–H and O–H groups in total. The molecule has 29 heavy (non-hydrogen) atoms. The number of aryl methyl sites for hydroxylation is 1. The first-order chi connectivity index (χ1) is 14.3. The van der Waals surface area contributed by atoms with Gasteiger partial charge in [-0.15, -0.1) is 0 Å². The lowest BCUT2D eigenvalue weighted by Crippen LogP contribution is -2.41. The maximum Gasteiger partial charge on any atom is 0.223 e. The molecule has 0 spiro atoms. The molecule has 0 atom stereocenters. The second-order valence-electron chi connectivity index (χ2n) is 7.75. The van der Waals surface area contributed by atoms with Crippen LogP contribution in [0.3, 0.4) is 0 Å². The van der Waals surface area contributed by atoms with Crippen molar-refractivity contribution >= 4 is 22.9 Å². The molecule has 1 fully saturated rings. The Morgan fingerprint density at radius 3 is 2.76 bits per heavy atom. The Hall–Kier alpha value is -2.89. The molecule has 1 aromatic carbocycles. The van der Waals surface area contributed by atoms with Gasteiger partial charge in [0, 0.05) is 44.5 Å². The third kappa shape index (κ3) is 4.42. The van der Waals surface area contributed by atoms with E-state index in [0.717, 1.165) is 62.3 Å². The zero-order valence-electron chi connectivity index (χ0n) is 17.1. The van der Waals surface area contributed by atoms with Crippen molar-refractivity contribution in [2.75, 3.05) is 18.0 Å². The van der Waals surface area contributed by atoms with Gasteiger partial charge in [-0.05, 0) is 43.0 Å². The number of nitrogens with one attached hydrogen (secondary N) is 1. The molecular weight excluding hydrogens is 362 g/mol. The minimum Gasteiger partial charge on any atom is -0.352 e. The number of nitrogens with zero attached hydrogens (tertiary/aromatic N) is 4. The Bertz CT molecular complexity index is 944. The topological polar surface area (TPSA) is 63.1 Å². The average Bonchev–Trinajstić information content (AvgIpc) is 3.15. The molecule has 1 amide bonds. The van der Waals surface area contributed by atoms with Gasteiger partial charge >= 0.3 is 0 Å². The molecule has 2 aromatic heterocycles. The van der Waals surface area contributed by atoms with E-state index < -0.39 is 0 Å². The number of imidazole rings is 1. The zero-order valence-corrected chi connectivity index (χ0v) is 17.1. The van der Waals surface area contributed by atoms with Crippen molar-refractivity contribution in [3.05, 3.63) is 54.4 Å². The van der Waals surface area contributed by atoms with Crippen LogP contribution in [0.5, 0.6) is 0 Å². The number of amides is 1. The Balaban J connectivity index is 1.39. The van der Waals surface area contributed by atoms with E-state index in [1.54, 1.807) is 12.4 Å². The van der Waals surface area contributed by atoms with E-state index >= 15 is 0 Å². The number of rotatable bonds is 7. The fraction of sp³-hybridized carbons (Fsp3) is 0.435. The van der Waals surface area contributed by atoms with Crippen molar-refractivity contribution < 1.29 is 4.79 Å². The molecule has 1 aliphatic heterocycles. The molecule has 3 heterocycles. The molecule has 6 nitrogen and oxygen atoms in total. The van der Waals surface area contributed by atoms with E-state index in [-0.39, 0.29) is 11.8 Å². The zero-order chi connectivity index (χ0) is 20.1. The smallest absolute Gasteiger partial charge is 0.223 e. The molecule has 3 aromatic rings. The number of carbonyl (C=O) groups is 1. The Morgan fingerprint density at radius 2 is 2.00 bits per heavy atom. The van der Waals surface area contributed by atoms with E-state index in [9.17, 15) is 4.79 Å². The number of fused-ring (bicyclic) bond motifs is 1. The van der Waals surface area contributed by atoms with Crippen LogP contribution in [0.25, 0.3) is 11.0 Å². The van der Waals surface area contributed by atoms with Crippen molar-refractivity contribution in [3.8, 4) is 0 Å². The van der Waals surface area contributed by atoms with Gasteiger partial charge in [-0.25, -0.2) is 4.98 Å². The summed E-state index contributed by atoms with van der Waals surface area (Å²) in [5.41, 5.74) is 3.28. The molecule has 0 aliphatic carbocycles. The summed E-state index contributed by atoms with van der Waals surface area (Å²) in [7, 11) is 0. The van der Waals surface area contributed by atoms with Crippen LogP contribution < -0.4 is 10.2 Å². The van der Waals surface area contributed by atoms with Crippen molar-refractivity contribution in [3.63, 3.8) is 0 Å². The molecule has 4 rings (SSSR count). The fourth-order valence-corrected chi connectivity index (χ4v) is 4.02. The molecule has 6 heteroatoms. The number of carbonyl (C=O) groups excluding carboxylic acids is 1. The standard InChI is InChI=1S/C23H29N5O/c1-2-3-13-28-21-9-5-4-8-20(21)26-23(28)27-14-10-19(11-15-27)22(29)25-17-18-7-6-12-24-16-18/h4-9,12,16,19H,2-3,10-11,13-15,17H2,1H3,(H,25,29). The van der Waals surface area contributed by atoms with E-state index in [4.69, 9.17) is 4.98 Å². The summed E-state index contributed by atoms with van der Waals surface area (Å²) in [6.07, 6.45) is 7.55. The normalized spacial score (nSPS) is 15.0. The number of benzene rings is 1. The summed E-state index contributed by atoms with van der Waals surface area (Å²) in [5, 5.41) is 3.07. The summed E-state index contributed by atoms with van der Waals surface area (Å²) < 4.78 is 2.35. The monoisotopic (exact) mass is 391 g/mol. The Kier molecular flexibility index (Phi) is 6.08. The van der Waals surface area contributed by atoms with Crippen LogP contribution in [-0.4, -0.2) is 33.5 Å². The largest absolute Gasteiger partial charge is 0.352 e. The van der Waals surface area contributed by atoms with Gasteiger partial charge in [0.15, 0.2) is 0 Å². The van der Waals surface area contributed by atoms with Crippen LogP contribution in [0, 0.1) is 5.92 Å². The minimum absolute atomic E-state index is 0.0661. The predicted molar refractivity (Wildman–Crippen MR) is 116 cm³/mol. The summed E-state index contributed by atoms with van der Waals surface area (Å²) in [6.45, 7) is 5.47. The third-order valence-corrected chi connectivity index (χ3v) is 5.71. The maximum atomic E-state index is 12.6. The number of anilines is 1. The molecule has 0 unspecified atom stereocenters. The molecule has 0 bridgehead atoms. The SMILES string of the molecule is CCCCn1c(N2CCC(C(=O)NCc3cccnc3)CC2)nc2ccccc21. The molecule has 0 radical (unpaired) electrons. The van der Waals surface area contributed by atoms with E-state index in [2.05, 4.69) is 44.9 Å². The van der Waals surface area contributed by atoms with Gasteiger partial charge in [-0.2, -0.15) is 0 Å². The van der Waals surface area contributed by atoms with Gasteiger partial charge < -0.3 is 14.8 Å². The molecule has 1 aliphatic rings. The van der Waals surface area contributed by atoms with Crippen LogP contribution in [0.15, 0.2) is 48.8 Å². The predicted octanol–water partition coefficient (Wildman–Crippen LogP) is 3.76. The number of hydrogen-bond donors (Lipinski definition) is 1. The number of unbranched alkanes of at least 4 members (excludes halogenated alkanes) is 1. The highest BCUT2D eigenvalue weighted by molar-refractivity contribution is 5.80. The average molecular weight is 392 g/mol. The number of aromatic nitrogens is 3. The van der Waals surface area contributed by atoms with Crippen LogP contribution in [0.2, 0.25) is 0 Å². The Morgan fingerprint density at radius 1 is 1.17 bits per heavy atom. The lowest BCUT2D eigenvalue weighted by atomic mass is 9.96. The van der Waals surface area contributed by atoms with Crippen molar-refractivity contribution in [1.82, 2.24) is 19.9 Å². The number of para-hydroxylation sites is 2. The molecule has 0 saturated carbocycles. The highest BCUT2D eigenvalue weighted by Crippen LogP contribution is 2.27. The highest BCUT2D eigenvalue weighted by Gasteiger charge is 2.27. The van der Waals surface area contributed by atoms with Gasteiger partial charge in [0.2, 0.25) is 11.9 Å². The second kappa shape index (κ2) is 9.07. The summed E-state index contributed by atoms with van der Waals surface area (Å²) in [4.78, 5) is 24.0. The van der Waals surface area contributed by atoms with E-state index in [0.29, 0.717) is 6.54 Å². The second-order valence-corrected chi connectivity index (χ2v) is 7.75. The van der Waals surface area contributed by atoms with Gasteiger partial charge in [0.1, 0.15) is 0 Å². The Labute approximate surface area is 172 Å². The quantitative estimate of drug-likeness (QED) is 0.666. The van der Waals surface area contributed by atoms with Crippen LogP contribution in [-0.2, 0) is 17.9 Å². The molecule has 1 saturated heterocycles. The third-order valence-electron chi connectivity index (χ3n) is 5.71. The van der Waals surface area contributed by atoms with Gasteiger partial charge in [0.25, 0.3) is 0 Å². The minimum atomic E-state index is 0.0661. The van der Waals surface area contributed by atoms with Gasteiger partial charge in [-0.3, -0.25) is 9.78 Å². The number of hydrogen-bond acceptors (Lipinski definition) is 4. The first-order valence-corrected chi connectivity index (χ1v) is 10.6. The fourth-order valence-electron chi connectivity index (χ4n) is 4.02. The highest BCUT2D eigenvalue weighted by atomic mass is 16.1. The van der Waals surface area contributed by atoms with Crippen molar-refractivity contribution in [2.24, 2.45) is 5.92 Å². The van der Waals surface area contributed by atoms with E-state index in [1.165, 1.54) is 5.52 Å². The first-order valence-electron chi connectivity index (χ1n) is 10.6. The van der Waals surface area contributed by atoms with Crippen LogP contribution >= 0.6 is 0 Å². The molecular formula is C23H29N5O. The van der Waals surface area contributed by atoms with Crippen molar-refractivity contribution in [1.29, 1.82) is 0 Å². The lowest BCUT2D eigenvalue weighted by Gasteiger charge is -2.32. The van der Waals surface area contributed by atoms with Crippen LogP contribution in [0.1, 0.15) is 38.2 Å². The van der Waals surface area contributed by atoms with Gasteiger partial charge in [-0.1, -0.05) is 31.5 Å². The number of piperidine rings is 1. The number of pyridine rings is 1. The maximum absolute atomic E-state index is 12.6. The molecule has 152 valence electrons. The van der Waals surface area contributed by atoms with E-state index in [1.807, 2.05) is 18.2 Å². The summed E-state index contributed by atoms with van der Waals surface area (Å²) in [5.74, 6) is 1.26. The summed E-state index contributed by atoms with van der Waals surface area (Å²) in [6, 6.07) is 12.2.